The molecule has 1 heterocycles. The zero-order valence-electron chi connectivity index (χ0n) is 9.86. The molecule has 0 spiro atoms. The van der Waals surface area contributed by atoms with Crippen LogP contribution in [-0.2, 0) is 11.3 Å². The molecule has 0 amide bonds. The topological polar surface area (TPSA) is 62.3 Å². The van der Waals surface area contributed by atoms with E-state index in [9.17, 15) is 4.79 Å². The standard InChI is InChI=1S/C13H15NO3/c1-8(2)17-7-9-6-14-12-10(9)4-3-5-11(12)13(15)16/h3-6,8,14H,7H2,1-2H3,(H,15,16). The number of carboxylic acid groups (broad SMARTS) is 1. The molecule has 2 aromatic rings. The lowest BCUT2D eigenvalue weighted by Crippen LogP contribution is -2.01. The first-order chi connectivity index (χ1) is 8.09. The number of benzene rings is 1. The molecule has 0 aliphatic heterocycles. The van der Waals surface area contributed by atoms with Crippen LogP contribution in [0.1, 0.15) is 29.8 Å². The number of carboxylic acids is 1. The maximum atomic E-state index is 11.0. The fraction of sp³-hybridized carbons (Fsp3) is 0.308. The number of rotatable bonds is 4. The molecule has 0 fully saturated rings. The minimum Gasteiger partial charge on any atom is -0.478 e. The number of hydrogen-bond donors (Lipinski definition) is 2. The molecule has 0 atom stereocenters. The van der Waals surface area contributed by atoms with Crippen LogP contribution in [0.2, 0.25) is 0 Å². The summed E-state index contributed by atoms with van der Waals surface area (Å²) in [6.07, 6.45) is 1.96. The van der Waals surface area contributed by atoms with Gasteiger partial charge in [-0.2, -0.15) is 0 Å². The van der Waals surface area contributed by atoms with E-state index in [1.54, 1.807) is 18.3 Å². The fourth-order valence-corrected chi connectivity index (χ4v) is 1.77. The molecular formula is C13H15NO3. The molecule has 0 aliphatic carbocycles. The Kier molecular flexibility index (Phi) is 3.15. The number of fused-ring (bicyclic) bond motifs is 1. The summed E-state index contributed by atoms with van der Waals surface area (Å²) < 4.78 is 5.53. The third-order valence-electron chi connectivity index (χ3n) is 2.60. The minimum atomic E-state index is -0.922. The van der Waals surface area contributed by atoms with Crippen LogP contribution in [0.15, 0.2) is 24.4 Å². The van der Waals surface area contributed by atoms with Gasteiger partial charge in [-0.15, -0.1) is 0 Å². The van der Waals surface area contributed by atoms with Gasteiger partial charge in [-0.05, 0) is 19.9 Å². The number of ether oxygens (including phenoxy) is 1. The van der Waals surface area contributed by atoms with Crippen LogP contribution in [0.4, 0.5) is 0 Å². The third-order valence-corrected chi connectivity index (χ3v) is 2.60. The normalized spacial score (nSPS) is 11.2. The zero-order valence-corrected chi connectivity index (χ0v) is 9.86. The highest BCUT2D eigenvalue weighted by molar-refractivity contribution is 6.02. The third kappa shape index (κ3) is 2.31. The van der Waals surface area contributed by atoms with E-state index in [1.165, 1.54) is 0 Å². The Morgan fingerprint density at radius 1 is 1.47 bits per heavy atom. The quantitative estimate of drug-likeness (QED) is 0.853. The van der Waals surface area contributed by atoms with Crippen molar-refractivity contribution in [3.63, 3.8) is 0 Å². The molecule has 0 saturated carbocycles. The predicted octanol–water partition coefficient (Wildman–Crippen LogP) is 2.79. The first-order valence-electron chi connectivity index (χ1n) is 5.53. The van der Waals surface area contributed by atoms with Gasteiger partial charge in [-0.25, -0.2) is 4.79 Å². The van der Waals surface area contributed by atoms with E-state index >= 15 is 0 Å². The molecule has 4 nitrogen and oxygen atoms in total. The SMILES string of the molecule is CC(C)OCc1c[nH]c2c(C(=O)O)cccc12. The average Bonchev–Trinajstić information content (AvgIpc) is 2.68. The number of para-hydroxylation sites is 1. The van der Waals surface area contributed by atoms with Gasteiger partial charge in [0.25, 0.3) is 0 Å². The Labute approximate surface area is 99.2 Å². The molecule has 4 heteroatoms. The molecule has 17 heavy (non-hydrogen) atoms. The molecule has 2 N–H and O–H groups in total. The Morgan fingerprint density at radius 2 is 2.24 bits per heavy atom. The van der Waals surface area contributed by atoms with Crippen molar-refractivity contribution in [2.24, 2.45) is 0 Å². The van der Waals surface area contributed by atoms with Crippen LogP contribution in [0.3, 0.4) is 0 Å². The molecule has 0 unspecified atom stereocenters. The van der Waals surface area contributed by atoms with Gasteiger partial charge in [-0.1, -0.05) is 12.1 Å². The Bertz CT molecular complexity index is 543. The molecule has 1 aromatic heterocycles. The van der Waals surface area contributed by atoms with Crippen molar-refractivity contribution >= 4 is 16.9 Å². The van der Waals surface area contributed by atoms with Crippen molar-refractivity contribution in [1.29, 1.82) is 0 Å². The van der Waals surface area contributed by atoms with E-state index in [4.69, 9.17) is 9.84 Å². The zero-order chi connectivity index (χ0) is 12.4. The second kappa shape index (κ2) is 4.59. The number of aromatic nitrogens is 1. The number of hydrogen-bond acceptors (Lipinski definition) is 2. The number of carbonyl (C=O) groups is 1. The largest absolute Gasteiger partial charge is 0.478 e. The van der Waals surface area contributed by atoms with E-state index in [-0.39, 0.29) is 6.10 Å². The van der Waals surface area contributed by atoms with E-state index in [1.807, 2.05) is 19.9 Å². The summed E-state index contributed by atoms with van der Waals surface area (Å²) in [7, 11) is 0. The molecule has 0 aliphatic rings. The monoisotopic (exact) mass is 233 g/mol. The van der Waals surface area contributed by atoms with Crippen LogP contribution < -0.4 is 0 Å². The molecule has 90 valence electrons. The van der Waals surface area contributed by atoms with Gasteiger partial charge in [0.15, 0.2) is 0 Å². The first-order valence-corrected chi connectivity index (χ1v) is 5.53. The number of aromatic carboxylic acids is 1. The Morgan fingerprint density at radius 3 is 2.88 bits per heavy atom. The van der Waals surface area contributed by atoms with Crippen LogP contribution in [0.5, 0.6) is 0 Å². The van der Waals surface area contributed by atoms with Crippen LogP contribution in [0, 0.1) is 0 Å². The summed E-state index contributed by atoms with van der Waals surface area (Å²) in [6.45, 7) is 4.43. The number of H-pyrrole nitrogens is 1. The molecule has 0 radical (unpaired) electrons. The number of nitrogens with one attached hydrogen (secondary N) is 1. The molecular weight excluding hydrogens is 218 g/mol. The second-order valence-electron chi connectivity index (χ2n) is 4.21. The van der Waals surface area contributed by atoms with Gasteiger partial charge < -0.3 is 14.8 Å². The molecule has 0 bridgehead atoms. The van der Waals surface area contributed by atoms with Crippen molar-refractivity contribution in [3.8, 4) is 0 Å². The fourth-order valence-electron chi connectivity index (χ4n) is 1.77. The van der Waals surface area contributed by atoms with Gasteiger partial charge in [0.2, 0.25) is 0 Å². The lowest BCUT2D eigenvalue weighted by Gasteiger charge is -2.06. The highest BCUT2D eigenvalue weighted by atomic mass is 16.5. The lowest BCUT2D eigenvalue weighted by atomic mass is 10.1. The smallest absolute Gasteiger partial charge is 0.337 e. The molecule has 2 rings (SSSR count). The van der Waals surface area contributed by atoms with Crippen molar-refractivity contribution in [1.82, 2.24) is 4.98 Å². The number of aromatic amines is 1. The van der Waals surface area contributed by atoms with Gasteiger partial charge in [-0.3, -0.25) is 0 Å². The van der Waals surface area contributed by atoms with Gasteiger partial charge >= 0.3 is 5.97 Å². The van der Waals surface area contributed by atoms with Crippen LogP contribution in [0.25, 0.3) is 10.9 Å². The van der Waals surface area contributed by atoms with E-state index in [0.717, 1.165) is 10.9 Å². The highest BCUT2D eigenvalue weighted by Crippen LogP contribution is 2.22. The highest BCUT2D eigenvalue weighted by Gasteiger charge is 2.12. The Balaban J connectivity index is 2.40. The van der Waals surface area contributed by atoms with Gasteiger partial charge in [0.05, 0.1) is 23.8 Å². The van der Waals surface area contributed by atoms with Gasteiger partial charge in [0, 0.05) is 17.1 Å². The predicted molar refractivity (Wildman–Crippen MR) is 65.2 cm³/mol. The summed E-state index contributed by atoms with van der Waals surface area (Å²) in [5.41, 5.74) is 1.93. The summed E-state index contributed by atoms with van der Waals surface area (Å²) in [5.74, 6) is -0.922. The maximum absolute atomic E-state index is 11.0. The van der Waals surface area contributed by atoms with E-state index < -0.39 is 5.97 Å². The van der Waals surface area contributed by atoms with Gasteiger partial charge in [0.1, 0.15) is 0 Å². The van der Waals surface area contributed by atoms with Crippen molar-refractivity contribution in [3.05, 3.63) is 35.5 Å². The minimum absolute atomic E-state index is 0.155. The van der Waals surface area contributed by atoms with Crippen LogP contribution >= 0.6 is 0 Å². The second-order valence-corrected chi connectivity index (χ2v) is 4.21. The molecule has 1 aromatic carbocycles. The molecule has 0 saturated heterocycles. The summed E-state index contributed by atoms with van der Waals surface area (Å²) in [5, 5.41) is 9.97. The van der Waals surface area contributed by atoms with Crippen molar-refractivity contribution in [2.45, 2.75) is 26.6 Å². The van der Waals surface area contributed by atoms with Crippen LogP contribution in [-0.4, -0.2) is 22.2 Å². The maximum Gasteiger partial charge on any atom is 0.337 e. The average molecular weight is 233 g/mol. The lowest BCUT2D eigenvalue weighted by molar-refractivity contribution is 0.0663. The Hall–Kier alpha value is -1.81. The first kappa shape index (κ1) is 11.7. The van der Waals surface area contributed by atoms with Crippen molar-refractivity contribution in [2.75, 3.05) is 0 Å². The van der Waals surface area contributed by atoms with E-state index in [0.29, 0.717) is 17.7 Å². The summed E-state index contributed by atoms with van der Waals surface area (Å²) in [4.78, 5) is 14.0. The van der Waals surface area contributed by atoms with Crippen molar-refractivity contribution < 1.29 is 14.6 Å². The summed E-state index contributed by atoms with van der Waals surface area (Å²) in [6, 6.07) is 5.24. The summed E-state index contributed by atoms with van der Waals surface area (Å²) >= 11 is 0. The van der Waals surface area contributed by atoms with E-state index in [2.05, 4.69) is 4.98 Å².